The molecule has 0 radical (unpaired) electrons. The van der Waals surface area contributed by atoms with E-state index in [1.165, 1.54) is 6.08 Å². The molecule has 3 aromatic carbocycles. The fourth-order valence-electron chi connectivity index (χ4n) is 4.15. The molecule has 5 rings (SSSR count). The predicted octanol–water partition coefficient (Wildman–Crippen LogP) is 3.76. The largest absolute Gasteiger partial charge is 0.400 e. The molecule has 2 heterocycles. The molecule has 0 aliphatic heterocycles. The minimum absolute atomic E-state index is 0.0252. The van der Waals surface area contributed by atoms with Gasteiger partial charge in [0.2, 0.25) is 11.9 Å². The van der Waals surface area contributed by atoms with Crippen LogP contribution in [0.1, 0.15) is 6.92 Å². The molecule has 0 aliphatic rings. The van der Waals surface area contributed by atoms with Crippen LogP contribution in [-0.4, -0.2) is 57.2 Å². The van der Waals surface area contributed by atoms with Gasteiger partial charge in [-0.2, -0.15) is 4.98 Å². The minimum Gasteiger partial charge on any atom is -0.400 e. The smallest absolute Gasteiger partial charge is 0.280 e. The summed E-state index contributed by atoms with van der Waals surface area (Å²) < 4.78 is 16.3. The number of anilines is 1. The topological polar surface area (TPSA) is 161 Å². The molecule has 5 aromatic rings. The van der Waals surface area contributed by atoms with Crippen LogP contribution < -0.4 is 27.2 Å². The third-order valence-corrected chi connectivity index (χ3v) is 10.0. The summed E-state index contributed by atoms with van der Waals surface area (Å²) in [5.41, 5.74) is 5.76. The van der Waals surface area contributed by atoms with Crippen molar-refractivity contribution in [2.75, 3.05) is 33.2 Å². The predicted molar refractivity (Wildman–Crippen MR) is 177 cm³/mol. The van der Waals surface area contributed by atoms with Gasteiger partial charge in [0.05, 0.1) is 20.3 Å². The Balaban J connectivity index is 0.000000566. The average Bonchev–Trinajstić information content (AvgIpc) is 3.40. The Labute approximate surface area is 252 Å². The standard InChI is InChI=1S/C26H23N6O2P.C3H9O2P.CH4O/c27-25-29-23-22(24(34)30-25)28-26(32(23)17-10-18-33)31-35(19-11-4-1-5-12-19,20-13-6-2-7-14-20)21-15-8-3-9-16-21;1-3-5-6-4-2;1-2/h1-17,33H,18H2,(H3,27,29,30,34);6H,3H2,1-2H3;2H,1H3. The van der Waals surface area contributed by atoms with E-state index in [2.05, 4.69) is 55.9 Å². The molecule has 0 fully saturated rings. The molecule has 0 spiro atoms. The van der Waals surface area contributed by atoms with Crippen LogP contribution in [0.25, 0.3) is 17.4 Å². The van der Waals surface area contributed by atoms with Crippen LogP contribution in [0.3, 0.4) is 0 Å². The first-order valence-electron chi connectivity index (χ1n) is 13.2. The fourth-order valence-corrected chi connectivity index (χ4v) is 7.85. The number of benzene rings is 3. The van der Waals surface area contributed by atoms with Crippen LogP contribution in [0.2, 0.25) is 0 Å². The van der Waals surface area contributed by atoms with Crippen LogP contribution in [0.5, 0.6) is 0 Å². The lowest BCUT2D eigenvalue weighted by Gasteiger charge is -2.26. The monoisotopic (exact) mass is 622 g/mol. The Morgan fingerprint density at radius 1 is 0.953 bits per heavy atom. The van der Waals surface area contributed by atoms with Crippen molar-refractivity contribution in [3.63, 3.8) is 0 Å². The molecule has 1 unspecified atom stereocenters. The van der Waals surface area contributed by atoms with Crippen LogP contribution >= 0.6 is 16.1 Å². The molecular weight excluding hydrogens is 586 g/mol. The van der Waals surface area contributed by atoms with Gasteiger partial charge in [0.1, 0.15) is 0 Å². The maximum absolute atomic E-state index is 12.7. The number of aliphatic hydroxyl groups is 2. The van der Waals surface area contributed by atoms with Gasteiger partial charge in [-0.05, 0) is 13.0 Å². The number of nitrogens with one attached hydrogen (secondary N) is 1. The van der Waals surface area contributed by atoms with Crippen molar-refractivity contribution in [2.45, 2.75) is 6.92 Å². The van der Waals surface area contributed by atoms with Crippen LogP contribution in [0, 0.1) is 0 Å². The maximum atomic E-state index is 12.7. The van der Waals surface area contributed by atoms with Crippen molar-refractivity contribution in [2.24, 2.45) is 4.74 Å². The summed E-state index contributed by atoms with van der Waals surface area (Å²) in [6.45, 7) is 2.48. The molecule has 1 atom stereocenters. The highest BCUT2D eigenvalue weighted by Gasteiger charge is 2.29. The number of aliphatic hydroxyl groups excluding tert-OH is 2. The maximum Gasteiger partial charge on any atom is 0.280 e. The van der Waals surface area contributed by atoms with Crippen molar-refractivity contribution in [3.05, 3.63) is 107 Å². The van der Waals surface area contributed by atoms with Gasteiger partial charge in [-0.3, -0.25) is 14.3 Å². The number of H-pyrrole nitrogens is 1. The van der Waals surface area contributed by atoms with E-state index < -0.39 is 12.6 Å². The number of rotatable bonds is 9. The molecule has 226 valence electrons. The molecular formula is C30H36N6O5P2. The Morgan fingerprint density at radius 3 is 1.88 bits per heavy atom. The van der Waals surface area contributed by atoms with Crippen molar-refractivity contribution < 1.29 is 19.3 Å². The number of imidazole rings is 1. The molecule has 11 nitrogen and oxygen atoms in total. The van der Waals surface area contributed by atoms with E-state index >= 15 is 0 Å². The van der Waals surface area contributed by atoms with Gasteiger partial charge in [-0.1, -0.05) is 91.0 Å². The first-order valence-corrected chi connectivity index (χ1v) is 15.8. The zero-order valence-corrected chi connectivity index (χ0v) is 26.1. The molecule has 13 heteroatoms. The van der Waals surface area contributed by atoms with E-state index in [1.807, 2.05) is 61.5 Å². The highest BCUT2D eigenvalue weighted by atomic mass is 31.2. The van der Waals surface area contributed by atoms with Gasteiger partial charge >= 0.3 is 0 Å². The quantitative estimate of drug-likeness (QED) is 0.143. The van der Waals surface area contributed by atoms with Crippen molar-refractivity contribution in [1.82, 2.24) is 19.5 Å². The minimum atomic E-state index is -2.64. The van der Waals surface area contributed by atoms with E-state index in [0.29, 0.717) is 0 Å². The molecule has 0 saturated heterocycles. The molecule has 0 bridgehead atoms. The van der Waals surface area contributed by atoms with Gasteiger partial charge in [-0.25, -0.2) is 9.73 Å². The second-order valence-corrected chi connectivity index (χ2v) is 12.3. The summed E-state index contributed by atoms with van der Waals surface area (Å²) in [6.07, 6.45) is 3.14. The summed E-state index contributed by atoms with van der Waals surface area (Å²) >= 11 is 0. The number of nitrogen functional groups attached to an aromatic ring is 1. The number of hydrogen-bond donors (Lipinski definition) is 4. The Hall–Kier alpha value is -3.95. The second kappa shape index (κ2) is 17.2. The third kappa shape index (κ3) is 8.12. The zero-order valence-electron chi connectivity index (χ0n) is 24.2. The number of aromatic nitrogens is 4. The number of nitrogens with two attached hydrogens (primary N) is 1. The highest BCUT2D eigenvalue weighted by molar-refractivity contribution is 7.87. The van der Waals surface area contributed by atoms with E-state index in [4.69, 9.17) is 20.1 Å². The van der Waals surface area contributed by atoms with Crippen molar-refractivity contribution in [1.29, 1.82) is 0 Å². The first-order chi connectivity index (χ1) is 21.0. The third-order valence-electron chi connectivity index (χ3n) is 5.83. The molecule has 0 amide bonds. The van der Waals surface area contributed by atoms with E-state index in [1.54, 1.807) is 17.9 Å². The Morgan fingerprint density at radius 2 is 1.47 bits per heavy atom. The fraction of sp³-hybridized carbons (Fsp3) is 0.167. The normalized spacial score (nSPS) is 11.3. The molecule has 5 N–H and O–H groups in total. The summed E-state index contributed by atoms with van der Waals surface area (Å²) in [5, 5.41) is 19.5. The number of nitrogens with zero attached hydrogens (tertiary/aromatic N) is 4. The number of aromatic amines is 1. The lowest BCUT2D eigenvalue weighted by Crippen LogP contribution is -2.25. The second-order valence-electron chi connectivity index (χ2n) is 8.44. The number of hydrogen-bond acceptors (Lipinski definition) is 9. The summed E-state index contributed by atoms with van der Waals surface area (Å²) in [4.78, 5) is 24.1. The van der Waals surface area contributed by atoms with E-state index in [-0.39, 0.29) is 38.7 Å². The first kappa shape index (κ1) is 33.6. The van der Waals surface area contributed by atoms with Crippen LogP contribution in [-0.2, 0) is 9.05 Å². The summed E-state index contributed by atoms with van der Waals surface area (Å²) in [7, 11) is 0.192. The molecule has 0 saturated carbocycles. The van der Waals surface area contributed by atoms with Gasteiger partial charge in [0.25, 0.3) is 5.56 Å². The van der Waals surface area contributed by atoms with Crippen molar-refractivity contribution in [3.8, 4) is 0 Å². The van der Waals surface area contributed by atoms with Crippen LogP contribution in [0.15, 0.2) is 107 Å². The lowest BCUT2D eigenvalue weighted by molar-refractivity contribution is 0.318. The zero-order chi connectivity index (χ0) is 31.1. The molecule has 2 aromatic heterocycles. The van der Waals surface area contributed by atoms with E-state index in [9.17, 15) is 9.90 Å². The van der Waals surface area contributed by atoms with Crippen LogP contribution in [0.4, 0.5) is 11.9 Å². The van der Waals surface area contributed by atoms with Gasteiger partial charge in [0, 0.05) is 36.3 Å². The lowest BCUT2D eigenvalue weighted by atomic mass is 10.4. The Kier molecular flexibility index (Phi) is 13.4. The van der Waals surface area contributed by atoms with Gasteiger partial charge in [0.15, 0.2) is 20.2 Å². The highest BCUT2D eigenvalue weighted by Crippen LogP contribution is 2.49. The molecule has 43 heavy (non-hydrogen) atoms. The SMILES string of the molecule is CCOPOC.CO.Nc1nc2c(nc(N=P(c3ccccc3)(c3ccccc3)c3ccccc3)n2C=CCO)c(=O)[nH]1. The number of fused-ring (bicyclic) bond motifs is 1. The Bertz CT molecular complexity index is 1590. The summed E-state index contributed by atoms with van der Waals surface area (Å²) in [6, 6.07) is 30.3. The van der Waals surface area contributed by atoms with Crippen molar-refractivity contribution >= 4 is 61.3 Å². The molecule has 0 aliphatic carbocycles. The van der Waals surface area contributed by atoms with E-state index in [0.717, 1.165) is 29.6 Å². The summed E-state index contributed by atoms with van der Waals surface area (Å²) in [5.74, 6) is 0.265. The van der Waals surface area contributed by atoms with Gasteiger partial charge < -0.3 is 25.0 Å². The van der Waals surface area contributed by atoms with Gasteiger partial charge in [-0.15, -0.1) is 0 Å². The average molecular weight is 623 g/mol.